The van der Waals surface area contributed by atoms with Crippen LogP contribution in [0.3, 0.4) is 0 Å². The van der Waals surface area contributed by atoms with Crippen LogP contribution in [0.4, 0.5) is 0 Å². The van der Waals surface area contributed by atoms with E-state index in [1.165, 1.54) is 37.7 Å². The molecule has 0 N–H and O–H groups in total. The molecule has 0 unspecified atom stereocenters. The predicted octanol–water partition coefficient (Wildman–Crippen LogP) is 2.66. The lowest BCUT2D eigenvalue weighted by Crippen LogP contribution is -1.64. The predicted molar refractivity (Wildman–Crippen MR) is 38.2 cm³/mol. The van der Waals surface area contributed by atoms with Gasteiger partial charge in [-0.2, -0.15) is 0 Å². The maximum Gasteiger partial charge on any atom is -0.0200 e. The second kappa shape index (κ2) is 2.04. The van der Waals surface area contributed by atoms with Crippen molar-refractivity contribution in [2.45, 2.75) is 32.1 Å². The van der Waals surface area contributed by atoms with Crippen LogP contribution in [-0.2, 0) is 0 Å². The SMILES string of the molecule is C(=CCC1CC1)=C1CC1. The molecule has 0 spiro atoms. The Labute approximate surface area is 56.3 Å². The van der Waals surface area contributed by atoms with Crippen LogP contribution in [0.1, 0.15) is 32.1 Å². The van der Waals surface area contributed by atoms with E-state index in [4.69, 9.17) is 0 Å². The van der Waals surface area contributed by atoms with E-state index >= 15 is 0 Å². The Balaban J connectivity index is 1.80. The summed E-state index contributed by atoms with van der Waals surface area (Å²) in [5, 5.41) is 0. The van der Waals surface area contributed by atoms with Crippen LogP contribution in [0, 0.1) is 5.92 Å². The van der Waals surface area contributed by atoms with Crippen LogP contribution in [0.5, 0.6) is 0 Å². The smallest absolute Gasteiger partial charge is 0.0200 e. The molecule has 2 saturated carbocycles. The molecule has 0 amide bonds. The second-order valence-corrected chi connectivity index (χ2v) is 3.13. The summed E-state index contributed by atoms with van der Waals surface area (Å²) in [5.41, 5.74) is 4.86. The van der Waals surface area contributed by atoms with E-state index in [-0.39, 0.29) is 0 Å². The van der Waals surface area contributed by atoms with Gasteiger partial charge in [0.05, 0.1) is 0 Å². The maximum atomic E-state index is 3.32. The second-order valence-electron chi connectivity index (χ2n) is 3.13. The third-order valence-corrected chi connectivity index (χ3v) is 1.95. The van der Waals surface area contributed by atoms with Crippen molar-refractivity contribution in [1.29, 1.82) is 0 Å². The third-order valence-electron chi connectivity index (χ3n) is 1.95. The van der Waals surface area contributed by atoms with Crippen molar-refractivity contribution in [3.05, 3.63) is 17.4 Å². The molecular weight excluding hydrogens is 108 g/mol. The van der Waals surface area contributed by atoms with Crippen LogP contribution < -0.4 is 0 Å². The molecule has 0 aromatic heterocycles. The molecule has 2 aliphatic carbocycles. The van der Waals surface area contributed by atoms with Gasteiger partial charge in [0.1, 0.15) is 0 Å². The van der Waals surface area contributed by atoms with Gasteiger partial charge in [-0.05, 0) is 49.7 Å². The van der Waals surface area contributed by atoms with Crippen LogP contribution in [0.25, 0.3) is 0 Å². The summed E-state index contributed by atoms with van der Waals surface area (Å²) in [6.45, 7) is 0. The van der Waals surface area contributed by atoms with Crippen molar-refractivity contribution in [3.63, 3.8) is 0 Å². The molecule has 0 nitrogen and oxygen atoms in total. The zero-order chi connectivity index (χ0) is 6.10. The zero-order valence-electron chi connectivity index (χ0n) is 5.69. The molecule has 0 aliphatic heterocycles. The Morgan fingerprint density at radius 3 is 2.78 bits per heavy atom. The monoisotopic (exact) mass is 120 g/mol. The summed E-state index contributed by atoms with van der Waals surface area (Å²) in [6, 6.07) is 0. The maximum absolute atomic E-state index is 3.32. The lowest BCUT2D eigenvalue weighted by atomic mass is 10.3. The molecule has 0 saturated heterocycles. The molecule has 48 valence electrons. The van der Waals surface area contributed by atoms with Gasteiger partial charge < -0.3 is 0 Å². The fraction of sp³-hybridized carbons (Fsp3) is 0.667. The van der Waals surface area contributed by atoms with Crippen molar-refractivity contribution in [3.8, 4) is 0 Å². The number of hydrogen-bond acceptors (Lipinski definition) is 0. The van der Waals surface area contributed by atoms with E-state index in [1.54, 1.807) is 0 Å². The highest BCUT2D eigenvalue weighted by Gasteiger charge is 2.19. The highest BCUT2D eigenvalue weighted by atomic mass is 14.2. The lowest BCUT2D eigenvalue weighted by molar-refractivity contribution is 0.864. The molecule has 0 heteroatoms. The van der Waals surface area contributed by atoms with Gasteiger partial charge in [-0.15, -0.1) is 5.73 Å². The minimum absolute atomic E-state index is 1.04. The van der Waals surface area contributed by atoms with E-state index in [2.05, 4.69) is 11.8 Å². The molecule has 9 heavy (non-hydrogen) atoms. The molecule has 0 aromatic carbocycles. The van der Waals surface area contributed by atoms with Crippen molar-refractivity contribution < 1.29 is 0 Å². The third kappa shape index (κ3) is 1.73. The number of allylic oxidation sites excluding steroid dienone is 1. The molecule has 2 rings (SSSR count). The van der Waals surface area contributed by atoms with Crippen molar-refractivity contribution in [2.75, 3.05) is 0 Å². The Hall–Kier alpha value is -0.480. The average molecular weight is 120 g/mol. The van der Waals surface area contributed by atoms with Gasteiger partial charge in [0.2, 0.25) is 0 Å². The van der Waals surface area contributed by atoms with Crippen LogP contribution >= 0.6 is 0 Å². The van der Waals surface area contributed by atoms with E-state index in [0.29, 0.717) is 0 Å². The fourth-order valence-electron chi connectivity index (χ4n) is 0.930. The summed E-state index contributed by atoms with van der Waals surface area (Å²) < 4.78 is 0. The summed E-state index contributed by atoms with van der Waals surface area (Å²) in [5.74, 6) is 1.04. The standard InChI is InChI=1S/C9H12/c1(2-8-4-5-8)3-9-6-7-9/h1,8H,2,4-7H2. The minimum atomic E-state index is 1.04. The van der Waals surface area contributed by atoms with E-state index < -0.39 is 0 Å². The van der Waals surface area contributed by atoms with Crippen molar-refractivity contribution in [1.82, 2.24) is 0 Å². The van der Waals surface area contributed by atoms with Gasteiger partial charge in [-0.3, -0.25) is 0 Å². The number of rotatable bonds is 2. The normalized spacial score (nSPS) is 23.3. The van der Waals surface area contributed by atoms with Gasteiger partial charge in [0.15, 0.2) is 0 Å². The summed E-state index contributed by atoms with van der Waals surface area (Å²) in [7, 11) is 0. The topological polar surface area (TPSA) is 0 Å². The molecular formula is C9H12. The molecule has 0 aromatic rings. The van der Waals surface area contributed by atoms with Gasteiger partial charge in [-0.1, -0.05) is 0 Å². The first-order valence-electron chi connectivity index (χ1n) is 3.88. The Morgan fingerprint density at radius 1 is 1.44 bits per heavy atom. The van der Waals surface area contributed by atoms with Crippen LogP contribution in [-0.4, -0.2) is 0 Å². The molecule has 0 bridgehead atoms. The zero-order valence-corrected chi connectivity index (χ0v) is 5.69. The van der Waals surface area contributed by atoms with Gasteiger partial charge in [0.25, 0.3) is 0 Å². The van der Waals surface area contributed by atoms with E-state index in [1.807, 2.05) is 0 Å². The Morgan fingerprint density at radius 2 is 2.22 bits per heavy atom. The minimum Gasteiger partial charge on any atom is -0.126 e. The van der Waals surface area contributed by atoms with E-state index in [9.17, 15) is 0 Å². The van der Waals surface area contributed by atoms with Crippen LogP contribution in [0.15, 0.2) is 17.4 Å². The van der Waals surface area contributed by atoms with Crippen LogP contribution in [0.2, 0.25) is 0 Å². The quantitative estimate of drug-likeness (QED) is 0.491. The first-order valence-corrected chi connectivity index (χ1v) is 3.88. The van der Waals surface area contributed by atoms with Crippen molar-refractivity contribution in [2.24, 2.45) is 5.92 Å². The summed E-state index contributed by atoms with van der Waals surface area (Å²) in [4.78, 5) is 0. The highest BCUT2D eigenvalue weighted by Crippen LogP contribution is 2.33. The largest absolute Gasteiger partial charge is 0.126 e. The van der Waals surface area contributed by atoms with Crippen molar-refractivity contribution >= 4 is 0 Å². The van der Waals surface area contributed by atoms with Gasteiger partial charge in [0, 0.05) is 0 Å². The lowest BCUT2D eigenvalue weighted by Gasteiger charge is -1.78. The molecule has 0 heterocycles. The molecule has 2 fully saturated rings. The first kappa shape index (κ1) is 5.32. The number of hydrogen-bond donors (Lipinski definition) is 0. The average Bonchev–Trinajstić information content (AvgIpc) is 2.57. The summed E-state index contributed by atoms with van der Waals surface area (Å²) >= 11 is 0. The molecule has 2 aliphatic rings. The Kier molecular flexibility index (Phi) is 1.20. The molecule has 0 atom stereocenters. The highest BCUT2D eigenvalue weighted by molar-refractivity contribution is 5.15. The Bertz CT molecular complexity index is 160. The van der Waals surface area contributed by atoms with E-state index in [0.717, 1.165) is 5.92 Å². The van der Waals surface area contributed by atoms with Gasteiger partial charge in [-0.25, -0.2) is 0 Å². The summed E-state index contributed by atoms with van der Waals surface area (Å²) in [6.07, 6.45) is 9.10. The molecule has 0 radical (unpaired) electrons. The first-order chi connectivity index (χ1) is 4.45. The fourth-order valence-corrected chi connectivity index (χ4v) is 0.930. The van der Waals surface area contributed by atoms with Gasteiger partial charge >= 0.3 is 0 Å².